The summed E-state index contributed by atoms with van der Waals surface area (Å²) in [6.07, 6.45) is 0. The SMILES string of the molecule is CCOc1ccccc1C(=O)NC(=S)NNC(=O)COc1ccc(Cl)cc1Br. The second-order valence-electron chi connectivity index (χ2n) is 5.25. The van der Waals surface area contributed by atoms with Crippen molar-refractivity contribution in [3.05, 3.63) is 57.5 Å². The van der Waals surface area contributed by atoms with Crippen LogP contribution in [-0.2, 0) is 4.79 Å². The Morgan fingerprint density at radius 2 is 1.86 bits per heavy atom. The van der Waals surface area contributed by atoms with Crippen molar-refractivity contribution in [2.75, 3.05) is 13.2 Å². The van der Waals surface area contributed by atoms with E-state index in [1.807, 2.05) is 6.92 Å². The molecule has 2 aromatic carbocycles. The Kier molecular flexibility index (Phi) is 8.49. The van der Waals surface area contributed by atoms with Crippen LogP contribution in [0.2, 0.25) is 5.02 Å². The van der Waals surface area contributed by atoms with Crippen LogP contribution < -0.4 is 25.6 Å². The van der Waals surface area contributed by atoms with Gasteiger partial charge in [0.05, 0.1) is 16.6 Å². The highest BCUT2D eigenvalue weighted by molar-refractivity contribution is 9.10. The first-order chi connectivity index (χ1) is 13.4. The summed E-state index contributed by atoms with van der Waals surface area (Å²) < 4.78 is 11.4. The summed E-state index contributed by atoms with van der Waals surface area (Å²) in [6.45, 7) is 1.98. The van der Waals surface area contributed by atoms with Crippen LogP contribution in [0.25, 0.3) is 0 Å². The third-order valence-corrected chi connectivity index (χ3v) is 4.29. The van der Waals surface area contributed by atoms with Gasteiger partial charge in [-0.15, -0.1) is 0 Å². The minimum absolute atomic E-state index is 0.0719. The molecule has 0 heterocycles. The number of hydrogen-bond acceptors (Lipinski definition) is 5. The van der Waals surface area contributed by atoms with E-state index in [0.717, 1.165) is 0 Å². The minimum Gasteiger partial charge on any atom is -0.493 e. The van der Waals surface area contributed by atoms with E-state index in [1.165, 1.54) is 0 Å². The number of halogens is 2. The van der Waals surface area contributed by atoms with Gasteiger partial charge < -0.3 is 9.47 Å². The molecule has 0 aliphatic carbocycles. The standard InChI is InChI=1S/C18H17BrClN3O4S/c1-2-26-14-6-4-3-5-12(14)17(25)21-18(28)23-22-16(24)10-27-15-8-7-11(20)9-13(15)19/h3-9H,2,10H2,1H3,(H,22,24)(H2,21,23,25,28). The highest BCUT2D eigenvalue weighted by Crippen LogP contribution is 2.27. The van der Waals surface area contributed by atoms with Crippen molar-refractivity contribution in [1.29, 1.82) is 0 Å². The number of rotatable bonds is 6. The first-order valence-electron chi connectivity index (χ1n) is 8.10. The van der Waals surface area contributed by atoms with E-state index in [2.05, 4.69) is 32.1 Å². The zero-order chi connectivity index (χ0) is 20.5. The van der Waals surface area contributed by atoms with Gasteiger partial charge in [-0.2, -0.15) is 0 Å². The molecule has 0 fully saturated rings. The fourth-order valence-corrected chi connectivity index (χ4v) is 2.98. The van der Waals surface area contributed by atoms with E-state index in [-0.39, 0.29) is 11.7 Å². The predicted octanol–water partition coefficient (Wildman–Crippen LogP) is 3.22. The van der Waals surface area contributed by atoms with Crippen LogP contribution in [0.3, 0.4) is 0 Å². The molecule has 3 N–H and O–H groups in total. The monoisotopic (exact) mass is 485 g/mol. The van der Waals surface area contributed by atoms with Crippen molar-refractivity contribution in [2.24, 2.45) is 0 Å². The zero-order valence-corrected chi connectivity index (χ0v) is 17.9. The second-order valence-corrected chi connectivity index (χ2v) is 6.95. The number of hydrogen-bond donors (Lipinski definition) is 3. The van der Waals surface area contributed by atoms with Crippen LogP contribution in [0.5, 0.6) is 11.5 Å². The van der Waals surface area contributed by atoms with Gasteiger partial charge in [-0.1, -0.05) is 23.7 Å². The molecule has 7 nitrogen and oxygen atoms in total. The minimum atomic E-state index is -0.492. The topological polar surface area (TPSA) is 88.7 Å². The maximum Gasteiger partial charge on any atom is 0.276 e. The largest absolute Gasteiger partial charge is 0.493 e. The Morgan fingerprint density at radius 1 is 1.11 bits per heavy atom. The van der Waals surface area contributed by atoms with E-state index in [1.54, 1.807) is 42.5 Å². The van der Waals surface area contributed by atoms with E-state index in [9.17, 15) is 9.59 Å². The number of nitrogens with one attached hydrogen (secondary N) is 3. The maximum atomic E-state index is 12.3. The van der Waals surface area contributed by atoms with Gasteiger partial charge in [-0.25, -0.2) is 0 Å². The van der Waals surface area contributed by atoms with Crippen molar-refractivity contribution >= 4 is 56.7 Å². The smallest absolute Gasteiger partial charge is 0.276 e. The summed E-state index contributed by atoms with van der Waals surface area (Å²) in [5.74, 6) is -0.0513. The summed E-state index contributed by atoms with van der Waals surface area (Å²) >= 11 is 14.1. The Hall–Kier alpha value is -2.36. The van der Waals surface area contributed by atoms with Gasteiger partial charge in [-0.05, 0) is 65.4 Å². The van der Waals surface area contributed by atoms with Gasteiger partial charge in [0.25, 0.3) is 11.8 Å². The number of hydrazine groups is 1. The highest BCUT2D eigenvalue weighted by Gasteiger charge is 2.13. The summed E-state index contributed by atoms with van der Waals surface area (Å²) in [6, 6.07) is 11.7. The molecule has 28 heavy (non-hydrogen) atoms. The van der Waals surface area contributed by atoms with Crippen LogP contribution in [0.1, 0.15) is 17.3 Å². The summed E-state index contributed by atoms with van der Waals surface area (Å²) in [7, 11) is 0. The number of thiocarbonyl (C=S) groups is 1. The molecule has 0 radical (unpaired) electrons. The summed E-state index contributed by atoms with van der Waals surface area (Å²) in [5, 5.41) is 2.93. The molecule has 10 heteroatoms. The lowest BCUT2D eigenvalue weighted by molar-refractivity contribution is -0.123. The normalized spacial score (nSPS) is 9.96. The van der Waals surface area contributed by atoms with Gasteiger partial charge in [-0.3, -0.25) is 25.8 Å². The number of para-hydroxylation sites is 1. The molecule has 148 valence electrons. The van der Waals surface area contributed by atoms with Gasteiger partial charge in [0, 0.05) is 5.02 Å². The molecule has 0 aromatic heterocycles. The molecule has 0 unspecified atom stereocenters. The average Bonchev–Trinajstić information content (AvgIpc) is 2.66. The lowest BCUT2D eigenvalue weighted by Gasteiger charge is -2.13. The molecular weight excluding hydrogens is 470 g/mol. The van der Waals surface area contributed by atoms with Crippen molar-refractivity contribution in [1.82, 2.24) is 16.2 Å². The Labute approximate surface area is 180 Å². The van der Waals surface area contributed by atoms with Crippen LogP contribution in [-0.4, -0.2) is 30.1 Å². The van der Waals surface area contributed by atoms with Crippen molar-refractivity contribution < 1.29 is 19.1 Å². The van der Waals surface area contributed by atoms with E-state index < -0.39 is 11.8 Å². The third kappa shape index (κ3) is 6.66. The number of amides is 2. The van der Waals surface area contributed by atoms with Crippen LogP contribution in [0.15, 0.2) is 46.9 Å². The molecular formula is C18H17BrClN3O4S. The first kappa shape index (κ1) is 21.9. The van der Waals surface area contributed by atoms with E-state index in [4.69, 9.17) is 33.3 Å². The van der Waals surface area contributed by atoms with Crippen LogP contribution >= 0.6 is 39.7 Å². The van der Waals surface area contributed by atoms with Crippen LogP contribution in [0.4, 0.5) is 0 Å². The molecule has 0 aliphatic rings. The molecule has 0 spiro atoms. The summed E-state index contributed by atoms with van der Waals surface area (Å²) in [5.41, 5.74) is 5.11. The van der Waals surface area contributed by atoms with E-state index >= 15 is 0 Å². The van der Waals surface area contributed by atoms with Crippen molar-refractivity contribution in [2.45, 2.75) is 6.92 Å². The molecule has 0 bridgehead atoms. The Morgan fingerprint density at radius 3 is 2.57 bits per heavy atom. The lowest BCUT2D eigenvalue weighted by Crippen LogP contribution is -2.49. The highest BCUT2D eigenvalue weighted by atomic mass is 79.9. The van der Waals surface area contributed by atoms with Crippen LogP contribution in [0, 0.1) is 0 Å². The number of ether oxygens (including phenoxy) is 2. The molecule has 0 aliphatic heterocycles. The molecule has 0 saturated heterocycles. The molecule has 2 rings (SSSR count). The molecule has 2 aromatic rings. The molecule has 2 amide bonds. The average molecular weight is 487 g/mol. The predicted molar refractivity (Wildman–Crippen MR) is 114 cm³/mol. The Bertz CT molecular complexity index is 882. The second kappa shape index (κ2) is 10.8. The van der Waals surface area contributed by atoms with Gasteiger partial charge in [0.2, 0.25) is 0 Å². The lowest BCUT2D eigenvalue weighted by atomic mass is 10.2. The fraction of sp³-hybridized carbons (Fsp3) is 0.167. The third-order valence-electron chi connectivity index (χ3n) is 3.23. The quantitative estimate of drug-likeness (QED) is 0.429. The number of carbonyl (C=O) groups is 2. The van der Waals surface area contributed by atoms with Gasteiger partial charge in [0.15, 0.2) is 11.7 Å². The van der Waals surface area contributed by atoms with Crippen molar-refractivity contribution in [3.8, 4) is 11.5 Å². The number of carbonyl (C=O) groups excluding carboxylic acids is 2. The molecule has 0 saturated carbocycles. The fourth-order valence-electron chi connectivity index (χ4n) is 2.04. The molecule has 0 atom stereocenters. The van der Waals surface area contributed by atoms with Crippen molar-refractivity contribution in [3.63, 3.8) is 0 Å². The first-order valence-corrected chi connectivity index (χ1v) is 9.68. The van der Waals surface area contributed by atoms with Gasteiger partial charge in [0.1, 0.15) is 11.5 Å². The van der Waals surface area contributed by atoms with E-state index in [0.29, 0.717) is 33.2 Å². The summed E-state index contributed by atoms with van der Waals surface area (Å²) in [4.78, 5) is 24.2. The number of benzene rings is 2. The Balaban J connectivity index is 1.80. The maximum absolute atomic E-state index is 12.3. The van der Waals surface area contributed by atoms with Gasteiger partial charge >= 0.3 is 0 Å². The zero-order valence-electron chi connectivity index (χ0n) is 14.8.